The van der Waals surface area contributed by atoms with Crippen LogP contribution in [0.25, 0.3) is 0 Å². The molecular weight excluding hydrogens is 390 g/mol. The first-order valence-corrected chi connectivity index (χ1v) is 8.58. The lowest BCUT2D eigenvalue weighted by molar-refractivity contribution is 0.0686. The normalized spacial score (nSPS) is 10.1. The Morgan fingerprint density at radius 2 is 0.967 bits per heavy atom. The highest BCUT2D eigenvalue weighted by atomic mass is 16.4. The van der Waals surface area contributed by atoms with Gasteiger partial charge in [-0.05, 0) is 54.6 Å². The van der Waals surface area contributed by atoms with Crippen LogP contribution in [0.3, 0.4) is 0 Å². The molecule has 3 aromatic rings. The lowest BCUT2D eigenvalue weighted by Crippen LogP contribution is -2.16. The van der Waals surface area contributed by atoms with Gasteiger partial charge in [0.1, 0.15) is 0 Å². The summed E-state index contributed by atoms with van der Waals surface area (Å²) in [5.41, 5.74) is 1.21. The Balaban J connectivity index is 1.69. The Labute approximate surface area is 170 Å². The minimum absolute atomic E-state index is 0.0877. The fourth-order valence-electron chi connectivity index (χ4n) is 2.49. The van der Waals surface area contributed by atoms with Gasteiger partial charge in [-0.25, -0.2) is 9.59 Å². The van der Waals surface area contributed by atoms with Crippen LogP contribution in [0.15, 0.2) is 67.0 Å². The number of carboxylic acid groups (broad SMARTS) is 2. The van der Waals surface area contributed by atoms with Crippen molar-refractivity contribution in [3.05, 3.63) is 89.2 Å². The van der Waals surface area contributed by atoms with Gasteiger partial charge >= 0.3 is 11.9 Å². The van der Waals surface area contributed by atoms with Crippen LogP contribution in [-0.4, -0.2) is 39.0 Å². The van der Waals surface area contributed by atoms with Gasteiger partial charge in [-0.15, -0.1) is 0 Å². The molecule has 0 radical (unpaired) electrons. The third-order valence-electron chi connectivity index (χ3n) is 4.04. The molecule has 0 aliphatic carbocycles. The molecule has 9 nitrogen and oxygen atoms in total. The van der Waals surface area contributed by atoms with E-state index in [1.807, 2.05) is 0 Å². The van der Waals surface area contributed by atoms with Crippen molar-refractivity contribution < 1.29 is 29.4 Å². The van der Waals surface area contributed by atoms with E-state index in [-0.39, 0.29) is 22.3 Å². The maximum atomic E-state index is 12.4. The zero-order valence-corrected chi connectivity index (χ0v) is 15.3. The summed E-state index contributed by atoms with van der Waals surface area (Å²) in [7, 11) is 0. The number of carboxylic acids is 2. The molecule has 0 saturated heterocycles. The van der Waals surface area contributed by atoms with Gasteiger partial charge in [0.05, 0.1) is 22.3 Å². The van der Waals surface area contributed by atoms with Crippen LogP contribution in [0.1, 0.15) is 41.4 Å². The van der Waals surface area contributed by atoms with E-state index < -0.39 is 23.8 Å². The van der Waals surface area contributed by atoms with E-state index in [9.17, 15) is 19.2 Å². The molecule has 2 aromatic carbocycles. The SMILES string of the molecule is O=C(O)c1ccc(NC(=O)c2cncc(C(=O)Nc3ccc(C(=O)O)cc3)c2)cc1. The van der Waals surface area contributed by atoms with E-state index in [2.05, 4.69) is 15.6 Å². The van der Waals surface area contributed by atoms with Gasteiger partial charge in [0.2, 0.25) is 0 Å². The molecular formula is C21H15N3O6. The van der Waals surface area contributed by atoms with Crippen LogP contribution in [-0.2, 0) is 0 Å². The summed E-state index contributed by atoms with van der Waals surface area (Å²) in [5.74, 6) is -3.20. The van der Waals surface area contributed by atoms with Crippen molar-refractivity contribution in [3.8, 4) is 0 Å². The highest BCUT2D eigenvalue weighted by Gasteiger charge is 2.13. The Hall–Kier alpha value is -4.53. The number of pyridine rings is 1. The Kier molecular flexibility index (Phi) is 5.83. The number of rotatable bonds is 6. The van der Waals surface area contributed by atoms with Gasteiger partial charge < -0.3 is 20.8 Å². The predicted molar refractivity (Wildman–Crippen MR) is 107 cm³/mol. The third-order valence-corrected chi connectivity index (χ3v) is 4.04. The van der Waals surface area contributed by atoms with E-state index in [4.69, 9.17) is 10.2 Å². The molecule has 0 aliphatic rings. The minimum Gasteiger partial charge on any atom is -0.478 e. The van der Waals surface area contributed by atoms with Crippen LogP contribution in [0.5, 0.6) is 0 Å². The molecule has 0 fully saturated rings. The second-order valence-corrected chi connectivity index (χ2v) is 6.14. The molecule has 0 unspecified atom stereocenters. The standard InChI is InChI=1S/C21H15N3O6/c25-18(23-16-5-1-12(2-6-16)20(27)28)14-9-15(11-22-10-14)19(26)24-17-7-3-13(4-8-17)21(29)30/h1-11H,(H,23,25)(H,24,26)(H,27,28)(H,29,30). The summed E-state index contributed by atoms with van der Waals surface area (Å²) in [4.78, 5) is 50.5. The molecule has 1 aromatic heterocycles. The highest BCUT2D eigenvalue weighted by Crippen LogP contribution is 2.14. The molecule has 30 heavy (non-hydrogen) atoms. The molecule has 3 rings (SSSR count). The number of amides is 2. The van der Waals surface area contributed by atoms with E-state index in [1.54, 1.807) is 0 Å². The van der Waals surface area contributed by atoms with Crippen LogP contribution in [0, 0.1) is 0 Å². The number of nitrogens with zero attached hydrogens (tertiary/aromatic N) is 1. The molecule has 0 atom stereocenters. The zero-order valence-electron chi connectivity index (χ0n) is 15.3. The monoisotopic (exact) mass is 405 g/mol. The second-order valence-electron chi connectivity index (χ2n) is 6.14. The molecule has 0 aliphatic heterocycles. The number of hydrogen-bond donors (Lipinski definition) is 4. The van der Waals surface area contributed by atoms with Gasteiger partial charge in [0, 0.05) is 23.8 Å². The first-order chi connectivity index (χ1) is 14.3. The number of carbonyl (C=O) groups excluding carboxylic acids is 2. The summed E-state index contributed by atoms with van der Waals surface area (Å²) in [6.45, 7) is 0. The van der Waals surface area contributed by atoms with Crippen LogP contribution >= 0.6 is 0 Å². The first-order valence-electron chi connectivity index (χ1n) is 8.58. The Morgan fingerprint density at radius 1 is 0.600 bits per heavy atom. The number of carbonyl (C=O) groups is 4. The van der Waals surface area contributed by atoms with E-state index in [0.717, 1.165) is 0 Å². The van der Waals surface area contributed by atoms with Crippen molar-refractivity contribution >= 4 is 35.1 Å². The highest BCUT2D eigenvalue weighted by molar-refractivity contribution is 6.08. The summed E-state index contributed by atoms with van der Waals surface area (Å²) in [6, 6.07) is 12.6. The van der Waals surface area contributed by atoms with E-state index in [0.29, 0.717) is 11.4 Å². The first kappa shape index (κ1) is 20.2. The third kappa shape index (κ3) is 4.84. The molecule has 0 saturated carbocycles. The minimum atomic E-state index is -1.08. The van der Waals surface area contributed by atoms with Gasteiger partial charge in [0.15, 0.2) is 0 Å². The smallest absolute Gasteiger partial charge is 0.335 e. The van der Waals surface area contributed by atoms with Crippen molar-refractivity contribution in [1.29, 1.82) is 0 Å². The number of nitrogens with one attached hydrogen (secondary N) is 2. The van der Waals surface area contributed by atoms with Crippen molar-refractivity contribution in [2.75, 3.05) is 10.6 Å². The number of hydrogen-bond acceptors (Lipinski definition) is 5. The summed E-state index contributed by atoms with van der Waals surface area (Å²) in [5, 5.41) is 23.0. The topological polar surface area (TPSA) is 146 Å². The van der Waals surface area contributed by atoms with Crippen molar-refractivity contribution in [3.63, 3.8) is 0 Å². The van der Waals surface area contributed by atoms with Crippen LogP contribution in [0.2, 0.25) is 0 Å². The van der Waals surface area contributed by atoms with Gasteiger partial charge in [0.25, 0.3) is 11.8 Å². The predicted octanol–water partition coefficient (Wildman–Crippen LogP) is 2.98. The largest absolute Gasteiger partial charge is 0.478 e. The second kappa shape index (κ2) is 8.65. The fourth-order valence-corrected chi connectivity index (χ4v) is 2.49. The van der Waals surface area contributed by atoms with Gasteiger partial charge in [-0.1, -0.05) is 0 Å². The van der Waals surface area contributed by atoms with Crippen molar-refractivity contribution in [1.82, 2.24) is 4.98 Å². The molecule has 150 valence electrons. The van der Waals surface area contributed by atoms with Gasteiger partial charge in [-0.2, -0.15) is 0 Å². The number of aromatic carboxylic acids is 2. The van der Waals surface area contributed by atoms with Crippen LogP contribution < -0.4 is 10.6 Å². The Morgan fingerprint density at radius 3 is 1.30 bits per heavy atom. The molecule has 1 heterocycles. The Bertz CT molecular complexity index is 1040. The average Bonchev–Trinajstić information content (AvgIpc) is 2.74. The zero-order chi connectivity index (χ0) is 21.7. The lowest BCUT2D eigenvalue weighted by atomic mass is 10.1. The van der Waals surface area contributed by atoms with Crippen molar-refractivity contribution in [2.24, 2.45) is 0 Å². The van der Waals surface area contributed by atoms with Gasteiger partial charge in [-0.3, -0.25) is 14.6 Å². The molecule has 9 heteroatoms. The fraction of sp³-hybridized carbons (Fsp3) is 0. The summed E-state index contributed by atoms with van der Waals surface area (Å²) >= 11 is 0. The number of aromatic nitrogens is 1. The average molecular weight is 405 g/mol. The summed E-state index contributed by atoms with van der Waals surface area (Å²) in [6.07, 6.45) is 2.58. The number of benzene rings is 2. The van der Waals surface area contributed by atoms with Crippen LogP contribution in [0.4, 0.5) is 11.4 Å². The molecule has 0 bridgehead atoms. The summed E-state index contributed by atoms with van der Waals surface area (Å²) < 4.78 is 0. The lowest BCUT2D eigenvalue weighted by Gasteiger charge is -2.08. The molecule has 4 N–H and O–H groups in total. The van der Waals surface area contributed by atoms with Crippen molar-refractivity contribution in [2.45, 2.75) is 0 Å². The molecule has 0 spiro atoms. The quantitative estimate of drug-likeness (QED) is 0.493. The van der Waals surface area contributed by atoms with E-state index >= 15 is 0 Å². The number of anilines is 2. The maximum Gasteiger partial charge on any atom is 0.335 e. The molecule has 2 amide bonds. The maximum absolute atomic E-state index is 12.4. The van der Waals surface area contributed by atoms with E-state index in [1.165, 1.54) is 67.0 Å².